The van der Waals surface area contributed by atoms with E-state index >= 15 is 0 Å². The van der Waals surface area contributed by atoms with Gasteiger partial charge in [-0.05, 0) is 365 Å². The molecule has 4 aliphatic heterocycles. The number of aliphatic hydroxyl groups is 4. The van der Waals surface area contributed by atoms with Gasteiger partial charge in [0.1, 0.15) is 23.0 Å². The highest BCUT2D eigenvalue weighted by Gasteiger charge is 2.33. The molecule has 8 N–H and O–H groups in total. The second-order valence-electron chi connectivity index (χ2n) is 37.9. The molecular weight excluding hydrogens is 1680 g/mol. The number of phenolic OH excluding ortho intramolecular Hbond substituents is 4. The van der Waals surface area contributed by atoms with Crippen molar-refractivity contribution < 1.29 is 40.9 Å². The van der Waals surface area contributed by atoms with Crippen molar-refractivity contribution in [1.82, 2.24) is 19.6 Å². The lowest BCUT2D eigenvalue weighted by molar-refractivity contribution is 0.172. The van der Waals surface area contributed by atoms with E-state index in [9.17, 15) is 40.9 Å². The second-order valence-corrected chi connectivity index (χ2v) is 37.9. The Balaban J connectivity index is 0.000000145. The summed E-state index contributed by atoms with van der Waals surface area (Å²) >= 11 is 0. The molecule has 0 spiro atoms. The summed E-state index contributed by atoms with van der Waals surface area (Å²) < 4.78 is 0. The molecular formula is C122H144N6O8. The predicted octanol–water partition coefficient (Wildman–Crippen LogP) is 24.5. The average Bonchev–Trinajstić information content (AvgIpc) is 0.861. The molecule has 5 aliphatic rings. The fourth-order valence-corrected chi connectivity index (χ4v) is 20.3. The van der Waals surface area contributed by atoms with Gasteiger partial charge in [-0.1, -0.05) is 243 Å². The third-order valence-electron chi connectivity index (χ3n) is 27.8. The summed E-state index contributed by atoms with van der Waals surface area (Å²) in [4.78, 5) is 15.3. The van der Waals surface area contributed by atoms with E-state index in [4.69, 9.17) is 0 Å². The van der Waals surface area contributed by atoms with Gasteiger partial charge in [-0.15, -0.1) is 0 Å². The Bertz CT molecular complexity index is 5420. The fraction of sp³-hybridized carbons (Fsp3) is 0.344. The minimum Gasteiger partial charge on any atom is -0.508 e. The number of aliphatic hydroxyl groups excluding tert-OH is 4. The third-order valence-corrected chi connectivity index (χ3v) is 27.8. The molecule has 0 bridgehead atoms. The molecule has 710 valence electrons. The van der Waals surface area contributed by atoms with Crippen molar-refractivity contribution in [2.24, 2.45) is 0 Å². The molecule has 136 heavy (non-hydrogen) atoms. The van der Waals surface area contributed by atoms with Gasteiger partial charge in [-0.3, -0.25) is 9.80 Å². The van der Waals surface area contributed by atoms with E-state index < -0.39 is 0 Å². The van der Waals surface area contributed by atoms with Crippen molar-refractivity contribution in [1.29, 1.82) is 0 Å². The van der Waals surface area contributed by atoms with Crippen LogP contribution in [0.4, 0.5) is 11.4 Å². The molecule has 4 saturated heterocycles. The van der Waals surface area contributed by atoms with Crippen LogP contribution in [0.25, 0.3) is 44.6 Å². The Labute approximate surface area is 809 Å². The molecule has 0 radical (unpaired) electrons. The molecule has 0 atom stereocenters. The number of piperazine rings is 2. The Morgan fingerprint density at radius 3 is 0.801 bits per heavy atom. The van der Waals surface area contributed by atoms with Crippen LogP contribution in [0.15, 0.2) is 315 Å². The molecule has 1 saturated carbocycles. The highest BCUT2D eigenvalue weighted by atomic mass is 16.3. The monoisotopic (exact) mass is 1820 g/mol. The number of hydrogen-bond donors (Lipinski definition) is 8. The van der Waals surface area contributed by atoms with Gasteiger partial charge in [-0.2, -0.15) is 0 Å². The normalized spacial score (nSPS) is 16.2. The molecule has 12 aromatic carbocycles. The van der Waals surface area contributed by atoms with Crippen molar-refractivity contribution in [3.63, 3.8) is 0 Å². The van der Waals surface area contributed by atoms with E-state index in [0.717, 1.165) is 175 Å². The van der Waals surface area contributed by atoms with E-state index in [1.165, 1.54) is 108 Å². The maximum Gasteiger partial charge on any atom is 0.116 e. The summed E-state index contributed by atoms with van der Waals surface area (Å²) in [6.45, 7) is 27.3. The van der Waals surface area contributed by atoms with Crippen molar-refractivity contribution >= 4 is 56.0 Å². The zero-order chi connectivity index (χ0) is 95.1. The van der Waals surface area contributed by atoms with Crippen LogP contribution in [-0.4, -0.2) is 190 Å². The van der Waals surface area contributed by atoms with Crippen LogP contribution in [-0.2, 0) is 0 Å². The summed E-state index contributed by atoms with van der Waals surface area (Å²) in [7, 11) is 0. The number of rotatable bonds is 32. The van der Waals surface area contributed by atoms with Crippen LogP contribution in [0, 0.1) is 0 Å². The summed E-state index contributed by atoms with van der Waals surface area (Å²) in [5, 5.41) is 79.4. The molecule has 4 heterocycles. The number of hydrogen-bond acceptors (Lipinski definition) is 14. The van der Waals surface area contributed by atoms with Gasteiger partial charge in [0.2, 0.25) is 0 Å². The molecule has 0 aromatic heterocycles. The van der Waals surface area contributed by atoms with E-state index in [1.54, 1.807) is 30.3 Å². The molecule has 12 aromatic rings. The zero-order valence-corrected chi connectivity index (χ0v) is 81.0. The molecule has 14 nitrogen and oxygen atoms in total. The number of nitrogens with zero attached hydrogens (tertiary/aromatic N) is 6. The van der Waals surface area contributed by atoms with Crippen LogP contribution in [0.5, 0.6) is 23.0 Å². The molecule has 14 heteroatoms. The van der Waals surface area contributed by atoms with E-state index in [2.05, 4.69) is 283 Å². The van der Waals surface area contributed by atoms with Crippen molar-refractivity contribution in [3.05, 3.63) is 393 Å². The predicted molar refractivity (Wildman–Crippen MR) is 566 cm³/mol. The number of phenols is 4. The number of piperidine rings is 2. The van der Waals surface area contributed by atoms with Crippen molar-refractivity contribution in [2.75, 3.05) is 115 Å². The Hall–Kier alpha value is -11.9. The Morgan fingerprint density at radius 1 is 0.243 bits per heavy atom. The van der Waals surface area contributed by atoms with E-state index in [0.29, 0.717) is 55.6 Å². The van der Waals surface area contributed by atoms with Crippen LogP contribution < -0.4 is 9.80 Å². The summed E-state index contributed by atoms with van der Waals surface area (Å²) in [6, 6.07) is 110. The first-order chi connectivity index (χ1) is 66.4. The minimum absolute atomic E-state index is 0.143. The van der Waals surface area contributed by atoms with Crippen LogP contribution in [0.3, 0.4) is 0 Å². The summed E-state index contributed by atoms with van der Waals surface area (Å²) in [5.41, 5.74) is 28.0. The van der Waals surface area contributed by atoms with Crippen LogP contribution >= 0.6 is 0 Å². The Kier molecular flexibility index (Phi) is 37.3. The fourth-order valence-electron chi connectivity index (χ4n) is 20.3. The zero-order valence-electron chi connectivity index (χ0n) is 81.0. The van der Waals surface area contributed by atoms with Crippen LogP contribution in [0.2, 0.25) is 0 Å². The van der Waals surface area contributed by atoms with Gasteiger partial charge >= 0.3 is 0 Å². The topological polar surface area (TPSA) is 181 Å². The SMILES string of the molecule is CC(C)N1CCC(c2cccc(/C(=C(/CCCO)c3ccccc3)c3cccc(O)c3)c2)CC1.CC(C)N1CCN(c2cccc(/C(=C(/CCCO)c3ccccc3)c3ccc(O)cc3)c2)CC1.CC(C)N1CCN(c2cccc(/C(=C(/CCCO)c3ccccc3)c3cccc(O)c3)c2)CC1.OCCC/C(=C(\c1cccc(O)c1)c1cccc(C2CCN(C3CC3)CC2)c1)c1ccccc1. The lowest BCUT2D eigenvalue weighted by atomic mass is 9.83. The van der Waals surface area contributed by atoms with Crippen LogP contribution in [0.1, 0.15) is 221 Å². The Morgan fingerprint density at radius 2 is 0.507 bits per heavy atom. The standard InChI is InChI=1S/C31H35NO2.C31H37NO2.2C30H36N2O2/c33-20-6-13-30(24-7-2-1-3-8-24)31(27-11-5-12-29(34)22-27)26-10-4-9-25(21-26)23-16-18-32(19-17-23)28-14-15-28;1-23(2)32-18-16-24(17-19-32)26-11-6-12-27(21-26)31(28-13-7-14-29(34)22-28)30(15-8-20-33)25-9-4-3-5-10-25;1-23(2)31-16-18-32(19-17-31)27-13-6-11-25(21-27)30(26-12-7-14-28(34)22-26)29(15-8-20-33)24-9-4-3-5-10-24;1-23(2)31-17-19-32(20-18-31)27-11-6-10-26(22-27)30(25-13-15-28(34)16-14-25)29(12-7-21-33)24-8-4-3-5-9-24/h1-5,7-12,21-23,28,33-34H,6,13-20H2;3-7,9-14,21-24,33-34H,8,15-20H2,1-2H3;3-7,9-14,21-23,33-34H,8,15-20H2,1-2H3;3-6,8-11,13-16,22-23,33-34H,7,12,17-21H2,1-2H3/b2*31-30+;30-29+;30-29-. The number of likely N-dealkylation sites (tertiary alicyclic amines) is 2. The molecule has 17 rings (SSSR count). The van der Waals surface area contributed by atoms with Crippen molar-refractivity contribution in [2.45, 2.75) is 167 Å². The first-order valence-electron chi connectivity index (χ1n) is 50.1. The number of anilines is 2. The average molecular weight is 1820 g/mol. The van der Waals surface area contributed by atoms with Gasteiger partial charge in [0.25, 0.3) is 0 Å². The maximum atomic E-state index is 10.3. The smallest absolute Gasteiger partial charge is 0.116 e. The number of benzene rings is 12. The van der Waals surface area contributed by atoms with Gasteiger partial charge < -0.3 is 60.5 Å². The van der Waals surface area contributed by atoms with Gasteiger partial charge in [0, 0.05) is 114 Å². The second kappa shape index (κ2) is 50.8. The third kappa shape index (κ3) is 27.5. The largest absolute Gasteiger partial charge is 0.508 e. The number of aromatic hydroxyl groups is 4. The quantitative estimate of drug-likeness (QED) is 0.0187. The molecule has 5 fully saturated rings. The van der Waals surface area contributed by atoms with Crippen molar-refractivity contribution in [3.8, 4) is 23.0 Å². The molecule has 0 unspecified atom stereocenters. The highest BCUT2D eigenvalue weighted by molar-refractivity contribution is 6.02. The molecule has 0 amide bonds. The van der Waals surface area contributed by atoms with Gasteiger partial charge in [0.15, 0.2) is 0 Å². The van der Waals surface area contributed by atoms with E-state index in [-0.39, 0.29) is 49.4 Å². The minimum atomic E-state index is 0.143. The summed E-state index contributed by atoms with van der Waals surface area (Å²) in [5.74, 6) is 2.22. The summed E-state index contributed by atoms with van der Waals surface area (Å²) in [6.07, 6.45) is 13.4. The lowest BCUT2D eigenvalue weighted by Crippen LogP contribution is -2.48. The van der Waals surface area contributed by atoms with E-state index in [1.807, 2.05) is 72.8 Å². The maximum absolute atomic E-state index is 10.3. The first-order valence-corrected chi connectivity index (χ1v) is 50.1. The van der Waals surface area contributed by atoms with Gasteiger partial charge in [-0.25, -0.2) is 0 Å². The van der Waals surface area contributed by atoms with Gasteiger partial charge in [0.05, 0.1) is 0 Å². The number of allylic oxidation sites excluding steroid dienone is 4. The lowest BCUT2D eigenvalue weighted by Gasteiger charge is -2.38. The molecule has 1 aliphatic carbocycles. The highest BCUT2D eigenvalue weighted by Crippen LogP contribution is 2.45. The first kappa shape index (κ1) is 100.